The minimum Gasteiger partial charge on any atom is -0.385 e. The van der Waals surface area contributed by atoms with Crippen molar-refractivity contribution < 1.29 is 9.47 Å². The van der Waals surface area contributed by atoms with E-state index in [4.69, 9.17) is 9.47 Å². The molecule has 0 saturated heterocycles. The highest BCUT2D eigenvalue weighted by molar-refractivity contribution is 5.23. The smallest absolute Gasteiger partial charge is 0.0949 e. The number of hydrogen-bond donors (Lipinski definition) is 1. The van der Waals surface area contributed by atoms with Crippen molar-refractivity contribution in [1.82, 2.24) is 5.32 Å². The molecule has 1 aromatic rings. The summed E-state index contributed by atoms with van der Waals surface area (Å²) < 4.78 is 11.0. The fourth-order valence-corrected chi connectivity index (χ4v) is 1.76. The molecule has 0 amide bonds. The van der Waals surface area contributed by atoms with E-state index in [-0.39, 0.29) is 6.10 Å². The Bertz CT molecular complexity index is 311. The standard InChI is InChI=1S/C15H25NO2/c1-4-16-12-15(18-11-5-10-17-3)14-8-6-13(2)7-9-14/h6-9,15-16H,4-5,10-12H2,1-3H3. The maximum atomic E-state index is 5.93. The van der Waals surface area contributed by atoms with E-state index in [0.717, 1.165) is 32.7 Å². The Morgan fingerprint density at radius 2 is 1.89 bits per heavy atom. The van der Waals surface area contributed by atoms with Gasteiger partial charge in [-0.2, -0.15) is 0 Å². The van der Waals surface area contributed by atoms with Crippen molar-refractivity contribution in [3.8, 4) is 0 Å². The lowest BCUT2D eigenvalue weighted by atomic mass is 10.1. The number of likely N-dealkylation sites (N-methyl/N-ethyl adjacent to an activating group) is 1. The van der Waals surface area contributed by atoms with Crippen LogP contribution in [0.4, 0.5) is 0 Å². The normalized spacial score (nSPS) is 12.6. The summed E-state index contributed by atoms with van der Waals surface area (Å²) in [4.78, 5) is 0. The Labute approximate surface area is 110 Å². The van der Waals surface area contributed by atoms with Gasteiger partial charge in [0.1, 0.15) is 0 Å². The van der Waals surface area contributed by atoms with Crippen LogP contribution < -0.4 is 5.32 Å². The van der Waals surface area contributed by atoms with E-state index >= 15 is 0 Å². The Kier molecular flexibility index (Phi) is 7.65. The molecule has 3 heteroatoms. The maximum absolute atomic E-state index is 5.93. The molecule has 1 N–H and O–H groups in total. The van der Waals surface area contributed by atoms with Crippen LogP contribution in [0.3, 0.4) is 0 Å². The molecule has 0 aliphatic heterocycles. The van der Waals surface area contributed by atoms with Gasteiger partial charge in [0.15, 0.2) is 0 Å². The maximum Gasteiger partial charge on any atom is 0.0949 e. The van der Waals surface area contributed by atoms with Crippen LogP contribution in [-0.2, 0) is 9.47 Å². The highest BCUT2D eigenvalue weighted by atomic mass is 16.5. The summed E-state index contributed by atoms with van der Waals surface area (Å²) in [6, 6.07) is 8.56. The van der Waals surface area contributed by atoms with Gasteiger partial charge in [-0.1, -0.05) is 36.8 Å². The molecule has 18 heavy (non-hydrogen) atoms. The number of ether oxygens (including phenoxy) is 2. The number of nitrogens with one attached hydrogen (secondary N) is 1. The fraction of sp³-hybridized carbons (Fsp3) is 0.600. The van der Waals surface area contributed by atoms with Gasteiger partial charge in [-0.25, -0.2) is 0 Å². The van der Waals surface area contributed by atoms with Gasteiger partial charge in [0, 0.05) is 26.9 Å². The first-order valence-electron chi connectivity index (χ1n) is 6.65. The first-order valence-corrected chi connectivity index (χ1v) is 6.65. The Morgan fingerprint density at radius 1 is 1.17 bits per heavy atom. The van der Waals surface area contributed by atoms with E-state index in [1.807, 2.05) is 0 Å². The molecule has 1 atom stereocenters. The third kappa shape index (κ3) is 5.63. The molecule has 1 unspecified atom stereocenters. The van der Waals surface area contributed by atoms with Gasteiger partial charge in [0.05, 0.1) is 6.10 Å². The van der Waals surface area contributed by atoms with Crippen molar-refractivity contribution in [2.45, 2.75) is 26.4 Å². The van der Waals surface area contributed by atoms with Crippen LogP contribution in [-0.4, -0.2) is 33.4 Å². The Hall–Kier alpha value is -0.900. The van der Waals surface area contributed by atoms with Crippen molar-refractivity contribution in [3.05, 3.63) is 35.4 Å². The Balaban J connectivity index is 2.51. The molecule has 0 radical (unpaired) electrons. The summed E-state index contributed by atoms with van der Waals surface area (Å²) in [5, 5.41) is 3.35. The van der Waals surface area contributed by atoms with Gasteiger partial charge in [-0.3, -0.25) is 0 Å². The number of methoxy groups -OCH3 is 1. The SMILES string of the molecule is CCNCC(OCCCOC)c1ccc(C)cc1. The van der Waals surface area contributed by atoms with E-state index in [2.05, 4.69) is 43.4 Å². The minimum absolute atomic E-state index is 0.127. The third-order valence-corrected chi connectivity index (χ3v) is 2.84. The molecule has 0 fully saturated rings. The first-order chi connectivity index (χ1) is 8.77. The predicted molar refractivity (Wildman–Crippen MR) is 74.9 cm³/mol. The molecule has 1 aromatic carbocycles. The molecule has 102 valence electrons. The predicted octanol–water partition coefficient (Wildman–Crippen LogP) is 2.70. The highest BCUT2D eigenvalue weighted by Crippen LogP contribution is 2.17. The second kappa shape index (κ2) is 9.09. The number of hydrogen-bond acceptors (Lipinski definition) is 3. The van der Waals surface area contributed by atoms with Crippen LogP contribution in [0.25, 0.3) is 0 Å². The van der Waals surface area contributed by atoms with E-state index in [1.54, 1.807) is 7.11 Å². The Morgan fingerprint density at radius 3 is 2.50 bits per heavy atom. The van der Waals surface area contributed by atoms with Gasteiger partial charge in [-0.15, -0.1) is 0 Å². The van der Waals surface area contributed by atoms with Gasteiger partial charge >= 0.3 is 0 Å². The summed E-state index contributed by atoms with van der Waals surface area (Å²) >= 11 is 0. The van der Waals surface area contributed by atoms with Crippen molar-refractivity contribution >= 4 is 0 Å². The lowest BCUT2D eigenvalue weighted by Gasteiger charge is -2.19. The van der Waals surface area contributed by atoms with Crippen molar-refractivity contribution in [2.24, 2.45) is 0 Å². The molecule has 0 spiro atoms. The van der Waals surface area contributed by atoms with E-state index in [0.29, 0.717) is 0 Å². The lowest BCUT2D eigenvalue weighted by Crippen LogP contribution is -2.23. The zero-order valence-electron chi connectivity index (χ0n) is 11.7. The summed E-state index contributed by atoms with van der Waals surface area (Å²) in [5.74, 6) is 0. The molecule has 0 bridgehead atoms. The summed E-state index contributed by atoms with van der Waals surface area (Å²) in [5.41, 5.74) is 2.51. The zero-order chi connectivity index (χ0) is 13.2. The summed E-state index contributed by atoms with van der Waals surface area (Å²) in [6.07, 6.45) is 1.06. The quantitative estimate of drug-likeness (QED) is 0.685. The largest absolute Gasteiger partial charge is 0.385 e. The van der Waals surface area contributed by atoms with Gasteiger partial charge in [0.25, 0.3) is 0 Å². The summed E-state index contributed by atoms with van der Waals surface area (Å²) in [7, 11) is 1.72. The van der Waals surface area contributed by atoms with Crippen LogP contribution in [0, 0.1) is 6.92 Å². The molecule has 1 rings (SSSR count). The molecule has 0 aliphatic rings. The average molecular weight is 251 g/mol. The fourth-order valence-electron chi connectivity index (χ4n) is 1.76. The van der Waals surface area contributed by atoms with Crippen LogP contribution in [0.15, 0.2) is 24.3 Å². The molecular formula is C15H25NO2. The minimum atomic E-state index is 0.127. The van der Waals surface area contributed by atoms with Gasteiger partial charge in [-0.05, 0) is 25.5 Å². The zero-order valence-corrected chi connectivity index (χ0v) is 11.7. The molecule has 0 aromatic heterocycles. The van der Waals surface area contributed by atoms with Crippen LogP contribution in [0.2, 0.25) is 0 Å². The highest BCUT2D eigenvalue weighted by Gasteiger charge is 2.10. The summed E-state index contributed by atoms with van der Waals surface area (Å²) in [6.45, 7) is 7.51. The van der Waals surface area contributed by atoms with Crippen molar-refractivity contribution in [2.75, 3.05) is 33.4 Å². The third-order valence-electron chi connectivity index (χ3n) is 2.84. The lowest BCUT2D eigenvalue weighted by molar-refractivity contribution is 0.0391. The number of aryl methyl sites for hydroxylation is 1. The van der Waals surface area contributed by atoms with E-state index < -0.39 is 0 Å². The molecule has 0 saturated carbocycles. The number of benzene rings is 1. The second-order valence-electron chi connectivity index (χ2n) is 4.42. The van der Waals surface area contributed by atoms with Crippen LogP contribution in [0.5, 0.6) is 0 Å². The van der Waals surface area contributed by atoms with E-state index in [1.165, 1.54) is 11.1 Å². The molecule has 3 nitrogen and oxygen atoms in total. The van der Waals surface area contributed by atoms with E-state index in [9.17, 15) is 0 Å². The number of rotatable bonds is 9. The van der Waals surface area contributed by atoms with Gasteiger partial charge in [0.2, 0.25) is 0 Å². The monoisotopic (exact) mass is 251 g/mol. The second-order valence-corrected chi connectivity index (χ2v) is 4.42. The van der Waals surface area contributed by atoms with Crippen LogP contribution >= 0.6 is 0 Å². The topological polar surface area (TPSA) is 30.5 Å². The molecule has 0 aliphatic carbocycles. The molecule has 0 heterocycles. The molecular weight excluding hydrogens is 226 g/mol. The average Bonchev–Trinajstić information content (AvgIpc) is 2.39. The van der Waals surface area contributed by atoms with Gasteiger partial charge < -0.3 is 14.8 Å². The van der Waals surface area contributed by atoms with Crippen LogP contribution in [0.1, 0.15) is 30.6 Å². The van der Waals surface area contributed by atoms with Crippen molar-refractivity contribution in [1.29, 1.82) is 0 Å². The first kappa shape index (κ1) is 15.2. The van der Waals surface area contributed by atoms with Crippen molar-refractivity contribution in [3.63, 3.8) is 0 Å².